The largest absolute Gasteiger partial charge is 0.371 e. The Bertz CT molecular complexity index is 634. The van der Waals surface area contributed by atoms with E-state index in [2.05, 4.69) is 49.6 Å². The molecule has 2 aromatic rings. The Morgan fingerprint density at radius 2 is 1.77 bits per heavy atom. The van der Waals surface area contributed by atoms with Crippen molar-refractivity contribution in [3.63, 3.8) is 0 Å². The van der Waals surface area contributed by atoms with Crippen LogP contribution in [0.5, 0.6) is 0 Å². The summed E-state index contributed by atoms with van der Waals surface area (Å²) in [5.41, 5.74) is 6.48. The fourth-order valence-corrected chi connectivity index (χ4v) is 3.12. The van der Waals surface area contributed by atoms with Crippen LogP contribution in [0.1, 0.15) is 24.8 Å². The Kier molecular flexibility index (Phi) is 5.11. The van der Waals surface area contributed by atoms with Gasteiger partial charge in [-0.3, -0.25) is 5.43 Å². The van der Waals surface area contributed by atoms with Gasteiger partial charge in [0, 0.05) is 28.8 Å². The van der Waals surface area contributed by atoms with Gasteiger partial charge >= 0.3 is 0 Å². The first kappa shape index (κ1) is 15.1. The lowest BCUT2D eigenvalue weighted by molar-refractivity contribution is 0.577. The zero-order valence-electron chi connectivity index (χ0n) is 12.5. The lowest BCUT2D eigenvalue weighted by Gasteiger charge is -2.30. The van der Waals surface area contributed by atoms with Crippen LogP contribution < -0.4 is 10.3 Å². The Balaban J connectivity index is 1.78. The Morgan fingerprint density at radius 1 is 1.00 bits per heavy atom. The van der Waals surface area contributed by atoms with Crippen molar-refractivity contribution >= 4 is 33.5 Å². The molecule has 0 aromatic heterocycles. The SMILES string of the molecule is Brc1ccc(N2CCCCC2)c(C=NNc2ccccc2)c1. The van der Waals surface area contributed by atoms with Gasteiger partial charge in [-0.15, -0.1) is 0 Å². The van der Waals surface area contributed by atoms with E-state index < -0.39 is 0 Å². The van der Waals surface area contributed by atoms with Crippen LogP contribution in [0.3, 0.4) is 0 Å². The van der Waals surface area contributed by atoms with Crippen molar-refractivity contribution in [3.8, 4) is 0 Å². The number of halogens is 1. The van der Waals surface area contributed by atoms with Crippen molar-refractivity contribution < 1.29 is 0 Å². The van der Waals surface area contributed by atoms with E-state index in [4.69, 9.17) is 0 Å². The summed E-state index contributed by atoms with van der Waals surface area (Å²) < 4.78 is 1.08. The summed E-state index contributed by atoms with van der Waals surface area (Å²) in [5, 5.41) is 4.39. The molecule has 4 heteroatoms. The molecule has 1 aliphatic rings. The highest BCUT2D eigenvalue weighted by atomic mass is 79.9. The molecule has 0 radical (unpaired) electrons. The molecule has 1 fully saturated rings. The highest BCUT2D eigenvalue weighted by molar-refractivity contribution is 9.10. The molecule has 3 nitrogen and oxygen atoms in total. The summed E-state index contributed by atoms with van der Waals surface area (Å²) in [6, 6.07) is 16.4. The Labute approximate surface area is 140 Å². The van der Waals surface area contributed by atoms with Crippen LogP contribution in [0.15, 0.2) is 58.1 Å². The number of nitrogens with zero attached hydrogens (tertiary/aromatic N) is 2. The quantitative estimate of drug-likeness (QED) is 0.623. The number of para-hydroxylation sites is 1. The second-order valence-electron chi connectivity index (χ2n) is 5.49. The van der Waals surface area contributed by atoms with Gasteiger partial charge in [-0.25, -0.2) is 0 Å². The summed E-state index contributed by atoms with van der Waals surface area (Å²) in [7, 11) is 0. The van der Waals surface area contributed by atoms with Gasteiger partial charge in [-0.05, 0) is 49.6 Å². The molecular weight excluding hydrogens is 338 g/mol. The first-order valence-electron chi connectivity index (χ1n) is 7.71. The third kappa shape index (κ3) is 3.89. The minimum atomic E-state index is 0.994. The summed E-state index contributed by atoms with van der Waals surface area (Å²) in [6.07, 6.45) is 5.79. The van der Waals surface area contributed by atoms with Crippen LogP contribution in [0.2, 0.25) is 0 Å². The highest BCUT2D eigenvalue weighted by Crippen LogP contribution is 2.26. The van der Waals surface area contributed by atoms with E-state index in [1.807, 2.05) is 36.5 Å². The van der Waals surface area contributed by atoms with Gasteiger partial charge in [-0.2, -0.15) is 5.10 Å². The lowest BCUT2D eigenvalue weighted by Crippen LogP contribution is -2.30. The van der Waals surface area contributed by atoms with Crippen molar-refractivity contribution in [3.05, 3.63) is 58.6 Å². The number of hydrogen-bond donors (Lipinski definition) is 1. The Hall–Kier alpha value is -1.81. The van der Waals surface area contributed by atoms with Crippen molar-refractivity contribution in [1.29, 1.82) is 0 Å². The van der Waals surface area contributed by atoms with Crippen molar-refractivity contribution in [2.24, 2.45) is 5.10 Å². The summed E-state index contributed by atoms with van der Waals surface area (Å²) in [5.74, 6) is 0. The van der Waals surface area contributed by atoms with Crippen LogP contribution in [0.4, 0.5) is 11.4 Å². The van der Waals surface area contributed by atoms with Gasteiger partial charge in [0.1, 0.15) is 0 Å². The molecule has 1 saturated heterocycles. The van der Waals surface area contributed by atoms with Crippen molar-refractivity contribution in [2.45, 2.75) is 19.3 Å². The predicted octanol–water partition coefficient (Wildman–Crippen LogP) is 4.89. The second-order valence-corrected chi connectivity index (χ2v) is 6.40. The average Bonchev–Trinajstić information content (AvgIpc) is 2.57. The van der Waals surface area contributed by atoms with Gasteiger partial charge in [0.25, 0.3) is 0 Å². The van der Waals surface area contributed by atoms with Gasteiger partial charge in [-0.1, -0.05) is 34.1 Å². The molecule has 0 atom stereocenters. The number of hydrogen-bond acceptors (Lipinski definition) is 3. The first-order valence-corrected chi connectivity index (χ1v) is 8.51. The van der Waals surface area contributed by atoms with Crippen LogP contribution in [0.25, 0.3) is 0 Å². The summed E-state index contributed by atoms with van der Waals surface area (Å²) >= 11 is 3.56. The smallest absolute Gasteiger partial charge is 0.0565 e. The van der Waals surface area contributed by atoms with Crippen LogP contribution in [-0.4, -0.2) is 19.3 Å². The summed E-state index contributed by atoms with van der Waals surface area (Å²) in [6.45, 7) is 2.27. The van der Waals surface area contributed by atoms with Crippen LogP contribution in [0, 0.1) is 0 Å². The molecule has 0 amide bonds. The van der Waals surface area contributed by atoms with E-state index >= 15 is 0 Å². The second kappa shape index (κ2) is 7.45. The third-order valence-corrected chi connectivity index (χ3v) is 4.35. The van der Waals surface area contributed by atoms with Crippen LogP contribution in [-0.2, 0) is 0 Å². The number of rotatable bonds is 4. The molecule has 1 heterocycles. The number of hydrazone groups is 1. The lowest BCUT2D eigenvalue weighted by atomic mass is 10.1. The average molecular weight is 358 g/mol. The molecule has 114 valence electrons. The van der Waals surface area contributed by atoms with E-state index in [0.717, 1.165) is 28.8 Å². The van der Waals surface area contributed by atoms with Gasteiger partial charge in [0.05, 0.1) is 11.9 Å². The van der Waals surface area contributed by atoms with Crippen LogP contribution >= 0.6 is 15.9 Å². The molecule has 1 aliphatic heterocycles. The number of nitrogens with one attached hydrogen (secondary N) is 1. The van der Waals surface area contributed by atoms with Gasteiger partial charge in [0.2, 0.25) is 0 Å². The van der Waals surface area contributed by atoms with Crippen molar-refractivity contribution in [2.75, 3.05) is 23.4 Å². The van der Waals surface area contributed by atoms with Gasteiger partial charge in [0.15, 0.2) is 0 Å². The standard InChI is InChI=1S/C18H20BrN3/c19-16-9-10-18(22-11-5-2-6-12-22)15(13-16)14-20-21-17-7-3-1-4-8-17/h1,3-4,7-10,13-14,21H,2,5-6,11-12H2. The van der Waals surface area contributed by atoms with E-state index in [1.54, 1.807) is 0 Å². The fourth-order valence-electron chi connectivity index (χ4n) is 2.74. The predicted molar refractivity (Wildman–Crippen MR) is 97.9 cm³/mol. The molecule has 0 unspecified atom stereocenters. The maximum Gasteiger partial charge on any atom is 0.0565 e. The maximum atomic E-state index is 4.39. The van der Waals surface area contributed by atoms with Crippen molar-refractivity contribution in [1.82, 2.24) is 0 Å². The topological polar surface area (TPSA) is 27.6 Å². The zero-order chi connectivity index (χ0) is 15.2. The molecule has 0 saturated carbocycles. The minimum absolute atomic E-state index is 0.994. The normalized spacial score (nSPS) is 15.2. The van der Waals surface area contributed by atoms with E-state index in [-0.39, 0.29) is 0 Å². The van der Waals surface area contributed by atoms with E-state index in [1.165, 1.54) is 24.9 Å². The summed E-state index contributed by atoms with van der Waals surface area (Å²) in [4.78, 5) is 2.46. The number of piperidine rings is 1. The highest BCUT2D eigenvalue weighted by Gasteiger charge is 2.13. The first-order chi connectivity index (χ1) is 10.8. The minimum Gasteiger partial charge on any atom is -0.371 e. The van der Waals surface area contributed by atoms with E-state index in [9.17, 15) is 0 Å². The molecule has 3 rings (SSSR count). The Morgan fingerprint density at radius 3 is 2.55 bits per heavy atom. The molecule has 2 aromatic carbocycles. The fraction of sp³-hybridized carbons (Fsp3) is 0.278. The van der Waals surface area contributed by atoms with Gasteiger partial charge < -0.3 is 4.90 Å². The monoisotopic (exact) mass is 357 g/mol. The molecule has 0 aliphatic carbocycles. The zero-order valence-corrected chi connectivity index (χ0v) is 14.1. The maximum absolute atomic E-state index is 4.39. The number of anilines is 2. The molecule has 0 bridgehead atoms. The molecule has 22 heavy (non-hydrogen) atoms. The third-order valence-electron chi connectivity index (χ3n) is 3.86. The molecular formula is C18H20BrN3. The molecule has 1 N–H and O–H groups in total. The molecule has 0 spiro atoms. The van der Waals surface area contributed by atoms with E-state index in [0.29, 0.717) is 0 Å². The number of benzene rings is 2.